The van der Waals surface area contributed by atoms with Crippen LogP contribution in [-0.2, 0) is 6.54 Å². The van der Waals surface area contributed by atoms with E-state index in [1.54, 1.807) is 0 Å². The summed E-state index contributed by atoms with van der Waals surface area (Å²) in [6, 6.07) is 12.5. The van der Waals surface area contributed by atoms with Crippen molar-refractivity contribution in [3.63, 3.8) is 0 Å². The maximum absolute atomic E-state index is 12.5. The Morgan fingerprint density at radius 1 is 1.14 bits per heavy atom. The number of carbonyl (C=O) groups is 1. The predicted octanol–water partition coefficient (Wildman–Crippen LogP) is 3.02. The number of rotatable bonds is 5. The van der Waals surface area contributed by atoms with E-state index in [0.29, 0.717) is 6.54 Å². The molecular formula is C15H14Cl2N2O2. The molecule has 0 saturated heterocycles. The Morgan fingerprint density at radius 2 is 1.86 bits per heavy atom. The van der Waals surface area contributed by atoms with E-state index < -0.39 is 0 Å². The Hall–Kier alpha value is -1.62. The molecular weight excluding hydrogens is 311 g/mol. The lowest BCUT2D eigenvalue weighted by Gasteiger charge is -2.22. The van der Waals surface area contributed by atoms with Gasteiger partial charge in [0.1, 0.15) is 10.8 Å². The Kier molecular flexibility index (Phi) is 5.56. The molecule has 0 aliphatic rings. The van der Waals surface area contributed by atoms with Gasteiger partial charge in [0.15, 0.2) is 0 Å². The first kappa shape index (κ1) is 15.8. The van der Waals surface area contributed by atoms with Crippen molar-refractivity contribution < 1.29 is 9.90 Å². The molecule has 110 valence electrons. The van der Waals surface area contributed by atoms with Crippen LogP contribution in [0.15, 0.2) is 42.5 Å². The van der Waals surface area contributed by atoms with Crippen LogP contribution in [0.2, 0.25) is 10.2 Å². The molecule has 1 aromatic carbocycles. The molecule has 0 saturated carbocycles. The lowest BCUT2D eigenvalue weighted by molar-refractivity contribution is 0.0702. The number of nitrogens with zero attached hydrogens (tertiary/aromatic N) is 2. The van der Waals surface area contributed by atoms with Gasteiger partial charge in [-0.3, -0.25) is 4.79 Å². The molecule has 2 aromatic rings. The van der Waals surface area contributed by atoms with Crippen LogP contribution in [0.25, 0.3) is 0 Å². The van der Waals surface area contributed by atoms with Crippen LogP contribution in [-0.4, -0.2) is 34.0 Å². The number of aliphatic hydroxyl groups is 1. The molecule has 4 nitrogen and oxygen atoms in total. The number of halogens is 2. The van der Waals surface area contributed by atoms with Crippen LogP contribution in [0, 0.1) is 0 Å². The van der Waals surface area contributed by atoms with E-state index in [1.165, 1.54) is 17.0 Å². The van der Waals surface area contributed by atoms with Crippen molar-refractivity contribution in [3.8, 4) is 0 Å². The maximum atomic E-state index is 12.5. The minimum Gasteiger partial charge on any atom is -0.395 e. The van der Waals surface area contributed by atoms with Gasteiger partial charge in [-0.2, -0.15) is 0 Å². The molecule has 1 aromatic heterocycles. The standard InChI is InChI=1S/C15H14Cl2N2O2/c16-12-6-7-13(17)18-14(12)15(21)19(8-9-20)10-11-4-2-1-3-5-11/h1-7,20H,8-10H2. The molecule has 0 spiro atoms. The molecule has 0 fully saturated rings. The summed E-state index contributed by atoms with van der Waals surface area (Å²) in [6.07, 6.45) is 0. The Morgan fingerprint density at radius 3 is 2.52 bits per heavy atom. The quantitative estimate of drug-likeness (QED) is 0.860. The summed E-state index contributed by atoms with van der Waals surface area (Å²) in [7, 11) is 0. The summed E-state index contributed by atoms with van der Waals surface area (Å²) in [6.45, 7) is 0.416. The van der Waals surface area contributed by atoms with Gasteiger partial charge in [0.2, 0.25) is 0 Å². The number of benzene rings is 1. The van der Waals surface area contributed by atoms with Gasteiger partial charge in [-0.15, -0.1) is 0 Å². The number of aromatic nitrogens is 1. The lowest BCUT2D eigenvalue weighted by atomic mass is 10.2. The topological polar surface area (TPSA) is 53.4 Å². The first-order valence-corrected chi connectivity index (χ1v) is 7.13. The van der Waals surface area contributed by atoms with E-state index in [4.69, 9.17) is 28.3 Å². The van der Waals surface area contributed by atoms with Gasteiger partial charge in [0.05, 0.1) is 11.6 Å². The molecule has 0 aliphatic carbocycles. The molecule has 0 radical (unpaired) electrons. The lowest BCUT2D eigenvalue weighted by Crippen LogP contribution is -2.33. The second-order valence-corrected chi connectivity index (χ2v) is 5.19. The molecule has 0 bridgehead atoms. The zero-order chi connectivity index (χ0) is 15.2. The third-order valence-corrected chi connectivity index (χ3v) is 3.40. The van der Waals surface area contributed by atoms with Gasteiger partial charge in [0.25, 0.3) is 5.91 Å². The zero-order valence-corrected chi connectivity index (χ0v) is 12.7. The number of hydrogen-bond acceptors (Lipinski definition) is 3. The molecule has 21 heavy (non-hydrogen) atoms. The molecule has 1 amide bonds. The molecule has 1 heterocycles. The van der Waals surface area contributed by atoms with Crippen LogP contribution in [0.4, 0.5) is 0 Å². The minimum atomic E-state index is -0.361. The highest BCUT2D eigenvalue weighted by Gasteiger charge is 2.20. The molecule has 0 unspecified atom stereocenters. The van der Waals surface area contributed by atoms with Crippen molar-refractivity contribution in [2.75, 3.05) is 13.2 Å². The molecule has 2 rings (SSSR count). The van der Waals surface area contributed by atoms with E-state index >= 15 is 0 Å². The average Bonchev–Trinajstić information content (AvgIpc) is 2.49. The highest BCUT2D eigenvalue weighted by molar-refractivity contribution is 6.34. The first-order chi connectivity index (χ1) is 10.1. The second kappa shape index (κ2) is 7.41. The average molecular weight is 325 g/mol. The summed E-state index contributed by atoms with van der Waals surface area (Å²) < 4.78 is 0. The van der Waals surface area contributed by atoms with Gasteiger partial charge >= 0.3 is 0 Å². The summed E-state index contributed by atoms with van der Waals surface area (Å²) in [5.41, 5.74) is 1.05. The SMILES string of the molecule is O=C(c1nc(Cl)ccc1Cl)N(CCO)Cc1ccccc1. The summed E-state index contributed by atoms with van der Waals surface area (Å²) in [4.78, 5) is 18.0. The molecule has 0 aliphatic heterocycles. The smallest absolute Gasteiger partial charge is 0.274 e. The number of hydrogen-bond donors (Lipinski definition) is 1. The summed E-state index contributed by atoms with van der Waals surface area (Å²) in [5.74, 6) is -0.361. The highest BCUT2D eigenvalue weighted by Crippen LogP contribution is 2.19. The fourth-order valence-electron chi connectivity index (χ4n) is 1.90. The number of amides is 1. The molecule has 1 N–H and O–H groups in total. The number of pyridine rings is 1. The molecule has 6 heteroatoms. The monoisotopic (exact) mass is 324 g/mol. The van der Waals surface area contributed by atoms with Crippen LogP contribution < -0.4 is 0 Å². The van der Waals surface area contributed by atoms with Crippen molar-refractivity contribution >= 4 is 29.1 Å². The van der Waals surface area contributed by atoms with Crippen molar-refractivity contribution in [1.29, 1.82) is 0 Å². The fraction of sp³-hybridized carbons (Fsp3) is 0.200. The number of carbonyl (C=O) groups excluding carboxylic acids is 1. The third-order valence-electron chi connectivity index (χ3n) is 2.89. The Balaban J connectivity index is 2.25. The van der Waals surface area contributed by atoms with Gasteiger partial charge < -0.3 is 10.0 Å². The van der Waals surface area contributed by atoms with Gasteiger partial charge in [-0.1, -0.05) is 53.5 Å². The van der Waals surface area contributed by atoms with Crippen LogP contribution in [0.5, 0.6) is 0 Å². The van der Waals surface area contributed by atoms with Gasteiger partial charge in [-0.05, 0) is 17.7 Å². The third kappa shape index (κ3) is 4.17. The Labute approximate surface area is 132 Å². The van der Waals surface area contributed by atoms with E-state index in [9.17, 15) is 4.79 Å². The van der Waals surface area contributed by atoms with E-state index in [0.717, 1.165) is 5.56 Å². The van der Waals surface area contributed by atoms with E-state index in [-0.39, 0.29) is 34.9 Å². The molecule has 0 atom stereocenters. The second-order valence-electron chi connectivity index (χ2n) is 4.40. The van der Waals surface area contributed by atoms with Crippen LogP contribution in [0.3, 0.4) is 0 Å². The number of aliphatic hydroxyl groups excluding tert-OH is 1. The van der Waals surface area contributed by atoms with Crippen molar-refractivity contribution in [3.05, 3.63) is 63.9 Å². The van der Waals surface area contributed by atoms with Crippen molar-refractivity contribution in [1.82, 2.24) is 9.88 Å². The summed E-state index contributed by atoms with van der Waals surface area (Å²) in [5, 5.41) is 9.60. The minimum absolute atomic E-state index is 0.0912. The van der Waals surface area contributed by atoms with Gasteiger partial charge in [-0.25, -0.2) is 4.98 Å². The Bertz CT molecular complexity index is 620. The van der Waals surface area contributed by atoms with Crippen molar-refractivity contribution in [2.24, 2.45) is 0 Å². The van der Waals surface area contributed by atoms with Crippen LogP contribution >= 0.6 is 23.2 Å². The van der Waals surface area contributed by atoms with Gasteiger partial charge in [0, 0.05) is 13.1 Å². The van der Waals surface area contributed by atoms with Crippen molar-refractivity contribution in [2.45, 2.75) is 6.54 Å². The zero-order valence-electron chi connectivity index (χ0n) is 11.2. The first-order valence-electron chi connectivity index (χ1n) is 6.38. The van der Waals surface area contributed by atoms with E-state index in [2.05, 4.69) is 4.98 Å². The van der Waals surface area contributed by atoms with Crippen LogP contribution in [0.1, 0.15) is 16.1 Å². The predicted molar refractivity (Wildman–Crippen MR) is 82.5 cm³/mol. The van der Waals surface area contributed by atoms with E-state index in [1.807, 2.05) is 30.3 Å². The largest absolute Gasteiger partial charge is 0.395 e. The summed E-state index contributed by atoms with van der Waals surface area (Å²) >= 11 is 11.8. The normalized spacial score (nSPS) is 10.4. The fourth-order valence-corrected chi connectivity index (χ4v) is 2.23. The highest BCUT2D eigenvalue weighted by atomic mass is 35.5. The maximum Gasteiger partial charge on any atom is 0.274 e.